The van der Waals surface area contributed by atoms with Crippen molar-refractivity contribution in [3.8, 4) is 22.5 Å². The highest BCUT2D eigenvalue weighted by Crippen LogP contribution is 2.69. The number of fused-ring (bicyclic) bond motifs is 11. The topological polar surface area (TPSA) is 9.86 Å². The molecule has 332 valence electrons. The van der Waals surface area contributed by atoms with Crippen LogP contribution in [0.15, 0.2) is 140 Å². The zero-order valence-electron chi connectivity index (χ0n) is 39.8. The molecular formula is C63H70N2. The van der Waals surface area contributed by atoms with Gasteiger partial charge >= 0.3 is 0 Å². The summed E-state index contributed by atoms with van der Waals surface area (Å²) in [5.74, 6) is 7.11. The van der Waals surface area contributed by atoms with E-state index in [1.54, 1.807) is 5.56 Å². The number of para-hydroxylation sites is 3. The summed E-state index contributed by atoms with van der Waals surface area (Å²) in [6.45, 7) is 13.0. The fourth-order valence-electron chi connectivity index (χ4n) is 15.9. The molecule has 0 saturated heterocycles. The number of benzene rings is 6. The van der Waals surface area contributed by atoms with Gasteiger partial charge in [-0.3, -0.25) is 0 Å². The molecule has 8 unspecified atom stereocenters. The number of nitrogens with zero attached hydrogens (tertiary/aromatic N) is 2. The first kappa shape index (κ1) is 41.4. The van der Waals surface area contributed by atoms with Crippen molar-refractivity contribution in [1.29, 1.82) is 0 Å². The van der Waals surface area contributed by atoms with Crippen molar-refractivity contribution in [2.24, 2.45) is 52.3 Å². The molecule has 0 radical (unpaired) electrons. The SMILES string of the molecule is CC(C)CCC[C@@H](C)C1CCC2C3CCC4CC(c5ccc(-n6c7ccccc7c7cc(-c8ccc9c(c8)c8ccccc8n9-c8ccccc8)ccc76)cc5)CCC4(C)C3CCC21C. The smallest absolute Gasteiger partial charge is 0.0541 e. The van der Waals surface area contributed by atoms with Crippen molar-refractivity contribution in [3.63, 3.8) is 0 Å². The van der Waals surface area contributed by atoms with Gasteiger partial charge in [-0.05, 0) is 193 Å². The molecule has 4 fully saturated rings. The summed E-state index contributed by atoms with van der Waals surface area (Å²) in [7, 11) is 0. The Hall–Kier alpha value is -5.08. The lowest BCUT2D eigenvalue weighted by Gasteiger charge is -2.61. The predicted molar refractivity (Wildman–Crippen MR) is 276 cm³/mol. The number of hydrogen-bond acceptors (Lipinski definition) is 0. The molecule has 2 heteroatoms. The second-order valence-corrected chi connectivity index (χ2v) is 22.8. The van der Waals surface area contributed by atoms with E-state index in [1.165, 1.54) is 143 Å². The average Bonchev–Trinajstić information content (AvgIpc) is 3.98. The van der Waals surface area contributed by atoms with E-state index in [2.05, 4.69) is 183 Å². The van der Waals surface area contributed by atoms with Gasteiger partial charge in [0, 0.05) is 32.9 Å². The van der Waals surface area contributed by atoms with E-state index in [-0.39, 0.29) is 0 Å². The van der Waals surface area contributed by atoms with Crippen molar-refractivity contribution in [1.82, 2.24) is 9.13 Å². The van der Waals surface area contributed by atoms with E-state index in [4.69, 9.17) is 0 Å². The van der Waals surface area contributed by atoms with Gasteiger partial charge in [0.05, 0.1) is 22.1 Å². The van der Waals surface area contributed by atoms with Crippen LogP contribution in [0.4, 0.5) is 0 Å². The zero-order valence-corrected chi connectivity index (χ0v) is 39.8. The fourth-order valence-corrected chi connectivity index (χ4v) is 15.9. The van der Waals surface area contributed by atoms with E-state index >= 15 is 0 Å². The molecule has 4 saturated carbocycles. The maximum atomic E-state index is 2.77. The zero-order chi connectivity index (χ0) is 44.0. The Morgan fingerprint density at radius 2 is 1.08 bits per heavy atom. The van der Waals surface area contributed by atoms with Gasteiger partial charge in [-0.1, -0.05) is 133 Å². The van der Waals surface area contributed by atoms with Gasteiger partial charge in [0.2, 0.25) is 0 Å². The predicted octanol–water partition coefficient (Wildman–Crippen LogP) is 17.8. The Morgan fingerprint density at radius 1 is 0.508 bits per heavy atom. The lowest BCUT2D eigenvalue weighted by Crippen LogP contribution is -2.53. The largest absolute Gasteiger partial charge is 0.309 e. The molecule has 12 rings (SSSR count). The molecule has 0 aliphatic heterocycles. The van der Waals surface area contributed by atoms with Crippen molar-refractivity contribution < 1.29 is 0 Å². The summed E-state index contributed by atoms with van der Waals surface area (Å²) in [6, 6.07) is 52.6. The molecule has 4 aliphatic carbocycles. The molecule has 9 atom stereocenters. The van der Waals surface area contributed by atoms with Gasteiger partial charge in [0.15, 0.2) is 0 Å². The first-order valence-electron chi connectivity index (χ1n) is 25.9. The highest BCUT2D eigenvalue weighted by atomic mass is 15.0. The van der Waals surface area contributed by atoms with Crippen LogP contribution >= 0.6 is 0 Å². The van der Waals surface area contributed by atoms with Gasteiger partial charge in [-0.15, -0.1) is 0 Å². The number of rotatable bonds is 9. The standard InChI is InChI=1S/C63H70N2/c1-41(2)14-13-15-42(3)55-30-31-56-52-29-26-47-38-46(34-36-62(47,4)57(52)35-37-63(55,56)5)43-22-27-49(28-23-43)65-59-21-12-10-19-51(59)54-40-45(25-33-61(54)65)44-24-32-60-53(39-44)50-18-9-11-20-58(50)64(60)48-16-7-6-8-17-48/h6-12,16-25,27-28,32-33,39-42,46-47,52,55-57H,13-15,26,29-31,34-38H2,1-5H3/t42-,46?,47?,52?,55?,56?,57?,62?,63?/m1/s1. The van der Waals surface area contributed by atoms with Gasteiger partial charge in [-0.25, -0.2) is 0 Å². The molecule has 2 aromatic heterocycles. The third-order valence-electron chi connectivity index (χ3n) is 19.2. The minimum absolute atomic E-state index is 0.524. The quantitative estimate of drug-likeness (QED) is 0.137. The Morgan fingerprint density at radius 3 is 1.72 bits per heavy atom. The van der Waals surface area contributed by atoms with Crippen LogP contribution in [0.3, 0.4) is 0 Å². The van der Waals surface area contributed by atoms with Crippen LogP contribution in [-0.4, -0.2) is 9.13 Å². The molecule has 6 aromatic carbocycles. The van der Waals surface area contributed by atoms with Crippen LogP contribution in [0.25, 0.3) is 66.1 Å². The molecular weight excluding hydrogens is 785 g/mol. The highest BCUT2D eigenvalue weighted by molar-refractivity contribution is 6.12. The van der Waals surface area contributed by atoms with E-state index in [0.29, 0.717) is 16.7 Å². The molecule has 4 aliphatic rings. The van der Waals surface area contributed by atoms with Gasteiger partial charge in [-0.2, -0.15) is 0 Å². The Bertz CT molecular complexity index is 3020. The van der Waals surface area contributed by atoms with Crippen LogP contribution in [0.5, 0.6) is 0 Å². The van der Waals surface area contributed by atoms with Crippen molar-refractivity contribution >= 4 is 43.6 Å². The van der Waals surface area contributed by atoms with E-state index in [1.807, 2.05) is 0 Å². The van der Waals surface area contributed by atoms with E-state index in [9.17, 15) is 0 Å². The van der Waals surface area contributed by atoms with Crippen LogP contribution in [-0.2, 0) is 0 Å². The van der Waals surface area contributed by atoms with Crippen LogP contribution in [0.2, 0.25) is 0 Å². The molecule has 2 heterocycles. The Balaban J connectivity index is 0.790. The lowest BCUT2D eigenvalue weighted by molar-refractivity contribution is -0.117. The fraction of sp³-hybridized carbons (Fsp3) is 0.429. The van der Waals surface area contributed by atoms with Gasteiger partial charge < -0.3 is 9.13 Å². The second kappa shape index (κ2) is 16.1. The monoisotopic (exact) mass is 855 g/mol. The summed E-state index contributed by atoms with van der Waals surface area (Å²) in [5.41, 5.74) is 12.7. The number of aromatic nitrogens is 2. The second-order valence-electron chi connectivity index (χ2n) is 22.8. The minimum Gasteiger partial charge on any atom is -0.309 e. The first-order chi connectivity index (χ1) is 31.7. The van der Waals surface area contributed by atoms with Gasteiger partial charge in [0.25, 0.3) is 0 Å². The normalized spacial score (nSPS) is 28.2. The van der Waals surface area contributed by atoms with Crippen LogP contribution in [0.1, 0.15) is 123 Å². The average molecular weight is 855 g/mol. The third kappa shape index (κ3) is 6.69. The third-order valence-corrected chi connectivity index (χ3v) is 19.2. The van der Waals surface area contributed by atoms with E-state index < -0.39 is 0 Å². The first-order valence-corrected chi connectivity index (χ1v) is 25.9. The Kier molecular flexibility index (Phi) is 10.2. The summed E-state index contributed by atoms with van der Waals surface area (Å²) < 4.78 is 4.91. The highest BCUT2D eigenvalue weighted by Gasteiger charge is 2.60. The summed E-state index contributed by atoms with van der Waals surface area (Å²) in [6.07, 6.45) is 17.4. The van der Waals surface area contributed by atoms with Crippen LogP contribution in [0, 0.1) is 52.3 Å². The van der Waals surface area contributed by atoms with Crippen molar-refractivity contribution in [2.75, 3.05) is 0 Å². The molecule has 2 nitrogen and oxygen atoms in total. The van der Waals surface area contributed by atoms with Crippen molar-refractivity contribution in [2.45, 2.75) is 118 Å². The molecule has 0 amide bonds. The summed E-state index contributed by atoms with van der Waals surface area (Å²) >= 11 is 0. The van der Waals surface area contributed by atoms with Gasteiger partial charge in [0.1, 0.15) is 0 Å². The Labute approximate surface area is 388 Å². The maximum absolute atomic E-state index is 2.77. The molecule has 65 heavy (non-hydrogen) atoms. The minimum atomic E-state index is 0.524. The van der Waals surface area contributed by atoms with E-state index in [0.717, 1.165) is 41.4 Å². The molecule has 0 bridgehead atoms. The van der Waals surface area contributed by atoms with Crippen molar-refractivity contribution in [3.05, 3.63) is 145 Å². The molecule has 0 spiro atoms. The lowest BCUT2D eigenvalue weighted by atomic mass is 9.43. The summed E-state index contributed by atoms with van der Waals surface area (Å²) in [5, 5.41) is 5.19. The maximum Gasteiger partial charge on any atom is 0.0541 e. The van der Waals surface area contributed by atoms with Crippen LogP contribution < -0.4 is 0 Å². The summed E-state index contributed by atoms with van der Waals surface area (Å²) in [4.78, 5) is 0. The number of hydrogen-bond donors (Lipinski definition) is 0. The molecule has 8 aromatic rings. The molecule has 0 N–H and O–H groups in total.